The van der Waals surface area contributed by atoms with Crippen LogP contribution in [-0.4, -0.2) is 18.1 Å². The van der Waals surface area contributed by atoms with Crippen LogP contribution < -0.4 is 15.7 Å². The number of nitrogens with two attached hydrogens (primary N) is 1. The van der Waals surface area contributed by atoms with Crippen LogP contribution in [0.2, 0.25) is 0 Å². The van der Waals surface area contributed by atoms with E-state index in [0.717, 1.165) is 30.2 Å². The highest BCUT2D eigenvalue weighted by molar-refractivity contribution is 6.01. The van der Waals surface area contributed by atoms with Gasteiger partial charge in [0.2, 0.25) is 0 Å². The molecule has 4 rings (SSSR count). The van der Waals surface area contributed by atoms with Crippen molar-refractivity contribution in [1.29, 1.82) is 0 Å². The predicted molar refractivity (Wildman–Crippen MR) is 97.7 cm³/mol. The lowest BCUT2D eigenvalue weighted by Crippen LogP contribution is -2.78. The maximum absolute atomic E-state index is 11.5. The number of fused-ring (bicyclic) bond motifs is 2. The number of hydrogen-bond donors (Lipinski definition) is 1. The van der Waals surface area contributed by atoms with E-state index < -0.39 is 0 Å². The van der Waals surface area contributed by atoms with Crippen molar-refractivity contribution in [2.75, 3.05) is 13.2 Å². The molecule has 4 aromatic rings. The first-order chi connectivity index (χ1) is 12.8. The van der Waals surface area contributed by atoms with E-state index in [-0.39, 0.29) is 5.63 Å². The van der Waals surface area contributed by atoms with Gasteiger partial charge in [-0.25, -0.2) is 4.79 Å². The maximum Gasteiger partial charge on any atom is 0.336 e. The van der Waals surface area contributed by atoms with Gasteiger partial charge in [-0.3, -0.25) is 4.98 Å². The van der Waals surface area contributed by atoms with Gasteiger partial charge in [-0.15, -0.1) is 0 Å². The third-order valence-corrected chi connectivity index (χ3v) is 4.24. The second-order valence-corrected chi connectivity index (χ2v) is 6.03. The van der Waals surface area contributed by atoms with Crippen LogP contribution in [0, 0.1) is 0 Å². The van der Waals surface area contributed by atoms with Crippen LogP contribution in [0.1, 0.15) is 12.8 Å². The minimum atomic E-state index is -0.388. The highest BCUT2D eigenvalue weighted by atomic mass is 16.5. The third kappa shape index (κ3) is 3.45. The van der Waals surface area contributed by atoms with Crippen LogP contribution in [0.4, 0.5) is 5.69 Å². The molecule has 0 fully saturated rings. The van der Waals surface area contributed by atoms with Gasteiger partial charge in [-0.1, -0.05) is 0 Å². The van der Waals surface area contributed by atoms with E-state index in [1.165, 1.54) is 11.8 Å². The number of quaternary nitrogens is 1. The summed E-state index contributed by atoms with van der Waals surface area (Å²) >= 11 is 0. The summed E-state index contributed by atoms with van der Waals surface area (Å²) in [7, 11) is 0. The summed E-state index contributed by atoms with van der Waals surface area (Å²) in [4.78, 5) is 15.5. The largest absolute Gasteiger partial charge is 0.492 e. The summed E-state index contributed by atoms with van der Waals surface area (Å²) in [6.07, 6.45) is 7.15. The number of unbranched alkanes of at least 4 members (excludes halogenated alkanes) is 1. The van der Waals surface area contributed by atoms with Gasteiger partial charge in [0.25, 0.3) is 0 Å². The Labute approximate surface area is 149 Å². The van der Waals surface area contributed by atoms with E-state index >= 15 is 0 Å². The lowest BCUT2D eigenvalue weighted by Gasteiger charge is -2.10. The van der Waals surface area contributed by atoms with E-state index in [0.29, 0.717) is 23.5 Å². The van der Waals surface area contributed by atoms with Crippen molar-refractivity contribution in [3.63, 3.8) is 0 Å². The molecule has 0 atom stereocenters. The molecule has 6 heteroatoms. The van der Waals surface area contributed by atoms with Crippen molar-refractivity contribution >= 4 is 27.6 Å². The van der Waals surface area contributed by atoms with E-state index in [1.807, 2.05) is 18.2 Å². The summed E-state index contributed by atoms with van der Waals surface area (Å²) in [6.45, 7) is 1.57. The van der Waals surface area contributed by atoms with E-state index in [9.17, 15) is 4.79 Å². The fourth-order valence-electron chi connectivity index (χ4n) is 2.95. The van der Waals surface area contributed by atoms with Crippen LogP contribution in [0.25, 0.3) is 21.9 Å². The molecule has 0 unspecified atom stereocenters. The molecule has 0 radical (unpaired) electrons. The van der Waals surface area contributed by atoms with Gasteiger partial charge in [0.1, 0.15) is 22.6 Å². The highest BCUT2D eigenvalue weighted by Gasteiger charge is 2.13. The molecule has 3 aromatic heterocycles. The molecular weight excluding hydrogens is 332 g/mol. The highest BCUT2D eigenvalue weighted by Crippen LogP contribution is 2.35. The van der Waals surface area contributed by atoms with Gasteiger partial charge in [0.05, 0.1) is 30.2 Å². The summed E-state index contributed by atoms with van der Waals surface area (Å²) in [6, 6.07) is 10.7. The number of benzene rings is 1. The standard InChI is InChI=1S/C20H18N2O4/c23-19-4-3-15-18(26-19)13-17-16(7-12-24-17)20(15)25-11-2-1-8-22-14-5-9-21-10-6-14/h3-7,9-10,12-13H,1-2,8,11H2,(H,21,22)/p+1. The molecule has 0 saturated heterocycles. The zero-order chi connectivity index (χ0) is 17.8. The average molecular weight is 351 g/mol. The van der Waals surface area contributed by atoms with Gasteiger partial charge in [-0.05, 0) is 18.6 Å². The molecule has 26 heavy (non-hydrogen) atoms. The van der Waals surface area contributed by atoms with Crippen LogP contribution in [-0.2, 0) is 0 Å². The summed E-state index contributed by atoms with van der Waals surface area (Å²) in [5.41, 5.74) is 1.92. The first-order valence-electron chi connectivity index (χ1n) is 8.61. The van der Waals surface area contributed by atoms with E-state index in [2.05, 4.69) is 10.3 Å². The zero-order valence-electron chi connectivity index (χ0n) is 14.2. The SMILES string of the molecule is O=c1ccc2c(OCCCC[NH2+]c3ccncc3)c3ccoc3cc2o1. The lowest BCUT2D eigenvalue weighted by molar-refractivity contribution is -0.572. The first-order valence-corrected chi connectivity index (χ1v) is 8.61. The van der Waals surface area contributed by atoms with Crippen molar-refractivity contribution in [1.82, 2.24) is 4.98 Å². The monoisotopic (exact) mass is 351 g/mol. The van der Waals surface area contributed by atoms with E-state index in [1.54, 1.807) is 30.8 Å². The predicted octanol–water partition coefficient (Wildman–Crippen LogP) is 2.99. The van der Waals surface area contributed by atoms with E-state index in [4.69, 9.17) is 13.6 Å². The Hall–Kier alpha value is -3.12. The van der Waals surface area contributed by atoms with Crippen LogP contribution in [0.15, 0.2) is 68.7 Å². The molecule has 0 aliphatic rings. The second kappa shape index (κ2) is 7.41. The molecule has 0 aliphatic heterocycles. The van der Waals surface area contributed by atoms with Crippen molar-refractivity contribution < 1.29 is 18.9 Å². The molecule has 3 heterocycles. The van der Waals surface area contributed by atoms with Crippen LogP contribution >= 0.6 is 0 Å². The first kappa shape index (κ1) is 16.4. The number of rotatable bonds is 7. The summed E-state index contributed by atoms with van der Waals surface area (Å²) < 4.78 is 16.8. The Morgan fingerprint density at radius 2 is 1.85 bits per heavy atom. The number of ether oxygens (including phenoxy) is 1. The zero-order valence-corrected chi connectivity index (χ0v) is 14.2. The van der Waals surface area contributed by atoms with Crippen molar-refractivity contribution in [3.8, 4) is 5.75 Å². The van der Waals surface area contributed by atoms with Crippen LogP contribution in [0.3, 0.4) is 0 Å². The van der Waals surface area contributed by atoms with Crippen LogP contribution in [0.5, 0.6) is 5.75 Å². The Morgan fingerprint density at radius 1 is 1.00 bits per heavy atom. The number of nitrogens with zero attached hydrogens (tertiary/aromatic N) is 1. The number of pyridine rings is 1. The van der Waals surface area contributed by atoms with Gasteiger partial charge in [0, 0.05) is 43.1 Å². The molecule has 0 saturated carbocycles. The summed E-state index contributed by atoms with van der Waals surface area (Å²) in [5, 5.41) is 3.86. The second-order valence-electron chi connectivity index (χ2n) is 6.03. The van der Waals surface area contributed by atoms with Crippen molar-refractivity contribution in [3.05, 3.63) is 65.5 Å². The van der Waals surface area contributed by atoms with Gasteiger partial charge >= 0.3 is 5.63 Å². The minimum Gasteiger partial charge on any atom is -0.492 e. The fraction of sp³-hybridized carbons (Fsp3) is 0.200. The Kier molecular flexibility index (Phi) is 4.66. The summed E-state index contributed by atoms with van der Waals surface area (Å²) in [5.74, 6) is 0.702. The number of aromatic nitrogens is 1. The number of furan rings is 1. The topological polar surface area (TPSA) is 82.1 Å². The molecular formula is C20H19N2O4+. The Morgan fingerprint density at radius 3 is 2.73 bits per heavy atom. The quantitative estimate of drug-likeness (QED) is 0.409. The minimum absolute atomic E-state index is 0.388. The molecule has 0 amide bonds. The fourth-order valence-corrected chi connectivity index (χ4v) is 2.95. The maximum atomic E-state index is 11.5. The molecule has 2 N–H and O–H groups in total. The van der Waals surface area contributed by atoms with Gasteiger partial charge in [-0.2, -0.15) is 0 Å². The van der Waals surface area contributed by atoms with Gasteiger partial charge < -0.3 is 18.9 Å². The molecule has 1 aromatic carbocycles. The lowest BCUT2D eigenvalue weighted by atomic mass is 10.1. The Balaban J connectivity index is 1.41. The van der Waals surface area contributed by atoms with Crippen molar-refractivity contribution in [2.24, 2.45) is 0 Å². The molecule has 0 aliphatic carbocycles. The Bertz CT molecular complexity index is 1070. The molecule has 6 nitrogen and oxygen atoms in total. The third-order valence-electron chi connectivity index (χ3n) is 4.24. The molecule has 0 bridgehead atoms. The smallest absolute Gasteiger partial charge is 0.336 e. The van der Waals surface area contributed by atoms with Gasteiger partial charge in [0.15, 0.2) is 0 Å². The molecule has 0 spiro atoms. The molecule has 132 valence electrons. The number of hydrogen-bond acceptors (Lipinski definition) is 5. The average Bonchev–Trinajstić information content (AvgIpc) is 3.12. The normalized spacial score (nSPS) is 11.2. The van der Waals surface area contributed by atoms with Crippen molar-refractivity contribution in [2.45, 2.75) is 12.8 Å².